The summed E-state index contributed by atoms with van der Waals surface area (Å²) in [6.45, 7) is 3.46. The van der Waals surface area contributed by atoms with Crippen LogP contribution >= 0.6 is 0 Å². The summed E-state index contributed by atoms with van der Waals surface area (Å²) in [6, 6.07) is 5.38. The van der Waals surface area contributed by atoms with Crippen molar-refractivity contribution in [3.05, 3.63) is 46.8 Å². The van der Waals surface area contributed by atoms with Crippen LogP contribution in [0.3, 0.4) is 0 Å². The maximum absolute atomic E-state index is 12.0. The summed E-state index contributed by atoms with van der Waals surface area (Å²) in [6.07, 6.45) is 1.49. The Kier molecular flexibility index (Phi) is 4.18. The van der Waals surface area contributed by atoms with Crippen LogP contribution in [-0.4, -0.2) is 22.8 Å². The van der Waals surface area contributed by atoms with Gasteiger partial charge < -0.3 is 14.9 Å². The standard InChI is InChI=1S/C15H14N2O3/c1-10-5-6-13(8-12(10)4-3-7-18)17-15(19)14-11(2)9-16-20-14/h5-6,8-9,18H,7H2,1-2H3,(H,17,19). The largest absolute Gasteiger partial charge is 0.384 e. The van der Waals surface area contributed by atoms with Gasteiger partial charge in [-0.1, -0.05) is 23.1 Å². The van der Waals surface area contributed by atoms with Gasteiger partial charge in [0.2, 0.25) is 5.76 Å². The molecule has 0 bridgehead atoms. The number of nitrogens with zero attached hydrogens (tertiary/aromatic N) is 1. The average Bonchev–Trinajstić information content (AvgIpc) is 2.85. The minimum atomic E-state index is -0.357. The van der Waals surface area contributed by atoms with Crippen LogP contribution in [0.5, 0.6) is 0 Å². The van der Waals surface area contributed by atoms with E-state index in [1.807, 2.05) is 13.0 Å². The summed E-state index contributed by atoms with van der Waals surface area (Å²) in [5.74, 6) is 5.25. The predicted octanol–water partition coefficient (Wildman–Crippen LogP) is 1.89. The highest BCUT2D eigenvalue weighted by Crippen LogP contribution is 2.16. The molecule has 1 aromatic carbocycles. The van der Waals surface area contributed by atoms with Gasteiger partial charge >= 0.3 is 0 Å². The molecular weight excluding hydrogens is 256 g/mol. The van der Waals surface area contributed by atoms with Gasteiger partial charge in [-0.05, 0) is 31.5 Å². The van der Waals surface area contributed by atoms with Gasteiger partial charge in [-0.2, -0.15) is 0 Å². The van der Waals surface area contributed by atoms with Gasteiger partial charge in [-0.3, -0.25) is 4.79 Å². The fourth-order valence-corrected chi connectivity index (χ4v) is 1.67. The molecule has 102 valence electrons. The van der Waals surface area contributed by atoms with Gasteiger partial charge in [0.15, 0.2) is 0 Å². The number of aromatic nitrogens is 1. The van der Waals surface area contributed by atoms with E-state index in [9.17, 15) is 4.79 Å². The first kappa shape index (κ1) is 13.8. The molecule has 0 fully saturated rings. The Balaban J connectivity index is 2.22. The lowest BCUT2D eigenvalue weighted by Crippen LogP contribution is -2.12. The van der Waals surface area contributed by atoms with E-state index in [2.05, 4.69) is 22.3 Å². The molecule has 0 radical (unpaired) electrons. The number of hydrogen-bond donors (Lipinski definition) is 2. The van der Waals surface area contributed by atoms with Crippen molar-refractivity contribution in [1.82, 2.24) is 5.16 Å². The van der Waals surface area contributed by atoms with Gasteiger partial charge in [-0.25, -0.2) is 0 Å². The fourth-order valence-electron chi connectivity index (χ4n) is 1.67. The maximum atomic E-state index is 12.0. The van der Waals surface area contributed by atoms with E-state index >= 15 is 0 Å². The molecule has 20 heavy (non-hydrogen) atoms. The molecule has 0 atom stereocenters. The molecular formula is C15H14N2O3. The number of hydrogen-bond acceptors (Lipinski definition) is 4. The number of aliphatic hydroxyl groups excluding tert-OH is 1. The highest BCUT2D eigenvalue weighted by molar-refractivity contribution is 6.03. The van der Waals surface area contributed by atoms with Crippen molar-refractivity contribution in [2.24, 2.45) is 0 Å². The van der Waals surface area contributed by atoms with E-state index in [-0.39, 0.29) is 18.3 Å². The molecule has 2 rings (SSSR count). The SMILES string of the molecule is Cc1ccc(NC(=O)c2oncc2C)cc1C#CCO. The maximum Gasteiger partial charge on any atom is 0.294 e. The summed E-state index contributed by atoms with van der Waals surface area (Å²) >= 11 is 0. The van der Waals surface area contributed by atoms with Crippen molar-refractivity contribution in [2.45, 2.75) is 13.8 Å². The molecule has 0 saturated carbocycles. The highest BCUT2D eigenvalue weighted by Gasteiger charge is 2.14. The normalized spacial score (nSPS) is 9.75. The smallest absolute Gasteiger partial charge is 0.294 e. The number of carbonyl (C=O) groups is 1. The lowest BCUT2D eigenvalue weighted by molar-refractivity contribution is 0.0987. The minimum absolute atomic E-state index is 0.188. The average molecular weight is 270 g/mol. The van der Waals surface area contributed by atoms with Crippen molar-refractivity contribution in [3.8, 4) is 11.8 Å². The monoisotopic (exact) mass is 270 g/mol. The number of anilines is 1. The van der Waals surface area contributed by atoms with Gasteiger partial charge in [0.25, 0.3) is 5.91 Å². The number of aliphatic hydroxyl groups is 1. The number of nitrogens with one attached hydrogen (secondary N) is 1. The van der Waals surface area contributed by atoms with Crippen LogP contribution in [0.2, 0.25) is 0 Å². The molecule has 0 saturated heterocycles. The van der Waals surface area contributed by atoms with E-state index in [4.69, 9.17) is 9.63 Å². The molecule has 1 heterocycles. The van der Waals surface area contributed by atoms with E-state index in [1.54, 1.807) is 19.1 Å². The molecule has 1 aromatic heterocycles. The quantitative estimate of drug-likeness (QED) is 0.817. The molecule has 0 unspecified atom stereocenters. The third-order valence-corrected chi connectivity index (χ3v) is 2.75. The zero-order chi connectivity index (χ0) is 14.5. The summed E-state index contributed by atoms with van der Waals surface area (Å²) in [5, 5.41) is 15.0. The zero-order valence-electron chi connectivity index (χ0n) is 11.2. The van der Waals surface area contributed by atoms with Crippen LogP contribution in [0, 0.1) is 25.7 Å². The Bertz CT molecular complexity index is 693. The number of aryl methyl sites for hydroxylation is 2. The van der Waals surface area contributed by atoms with Gasteiger partial charge in [0.05, 0.1) is 6.20 Å². The number of rotatable bonds is 2. The van der Waals surface area contributed by atoms with Crippen LogP contribution < -0.4 is 5.32 Å². The first-order valence-corrected chi connectivity index (χ1v) is 6.05. The first-order valence-electron chi connectivity index (χ1n) is 6.05. The third-order valence-electron chi connectivity index (χ3n) is 2.75. The molecule has 2 N–H and O–H groups in total. The van der Waals surface area contributed by atoms with Gasteiger partial charge in [-0.15, -0.1) is 0 Å². The summed E-state index contributed by atoms with van der Waals surface area (Å²) < 4.78 is 4.89. The van der Waals surface area contributed by atoms with Crippen LogP contribution in [0.15, 0.2) is 28.9 Å². The Morgan fingerprint density at radius 3 is 2.85 bits per heavy atom. The minimum Gasteiger partial charge on any atom is -0.384 e. The Labute approximate surface area is 116 Å². The Morgan fingerprint density at radius 2 is 2.20 bits per heavy atom. The fraction of sp³-hybridized carbons (Fsp3) is 0.200. The van der Waals surface area contributed by atoms with Crippen LogP contribution in [-0.2, 0) is 0 Å². The molecule has 5 heteroatoms. The molecule has 5 nitrogen and oxygen atoms in total. The number of amides is 1. The van der Waals surface area contributed by atoms with Gasteiger partial charge in [0, 0.05) is 16.8 Å². The van der Waals surface area contributed by atoms with Crippen LogP contribution in [0.1, 0.15) is 27.2 Å². The van der Waals surface area contributed by atoms with E-state index in [0.29, 0.717) is 11.3 Å². The second-order valence-electron chi connectivity index (χ2n) is 4.28. The topological polar surface area (TPSA) is 75.4 Å². The molecule has 0 spiro atoms. The second-order valence-corrected chi connectivity index (χ2v) is 4.28. The van der Waals surface area contributed by atoms with Gasteiger partial charge in [0.1, 0.15) is 6.61 Å². The van der Waals surface area contributed by atoms with Crippen LogP contribution in [0.4, 0.5) is 5.69 Å². The van der Waals surface area contributed by atoms with E-state index < -0.39 is 0 Å². The van der Waals surface area contributed by atoms with Crippen molar-refractivity contribution in [3.63, 3.8) is 0 Å². The molecule has 0 aliphatic rings. The third kappa shape index (κ3) is 3.05. The summed E-state index contributed by atoms with van der Waals surface area (Å²) in [5.41, 5.74) is 3.01. The molecule has 1 amide bonds. The van der Waals surface area contributed by atoms with Crippen molar-refractivity contribution in [1.29, 1.82) is 0 Å². The lowest BCUT2D eigenvalue weighted by atomic mass is 10.1. The van der Waals surface area contributed by atoms with Crippen molar-refractivity contribution >= 4 is 11.6 Å². The number of carbonyl (C=O) groups excluding carboxylic acids is 1. The summed E-state index contributed by atoms with van der Waals surface area (Å²) in [7, 11) is 0. The summed E-state index contributed by atoms with van der Waals surface area (Å²) in [4.78, 5) is 12.0. The lowest BCUT2D eigenvalue weighted by Gasteiger charge is -2.06. The van der Waals surface area contributed by atoms with E-state index in [1.165, 1.54) is 6.20 Å². The van der Waals surface area contributed by atoms with E-state index in [0.717, 1.165) is 11.1 Å². The Hall–Kier alpha value is -2.58. The molecule has 0 aliphatic carbocycles. The van der Waals surface area contributed by atoms with Crippen molar-refractivity contribution < 1.29 is 14.4 Å². The number of benzene rings is 1. The van der Waals surface area contributed by atoms with Crippen LogP contribution in [0.25, 0.3) is 0 Å². The molecule has 2 aromatic rings. The predicted molar refractivity (Wildman–Crippen MR) is 74.3 cm³/mol. The molecule has 0 aliphatic heterocycles. The Morgan fingerprint density at radius 1 is 1.40 bits per heavy atom. The van der Waals surface area contributed by atoms with Crippen molar-refractivity contribution in [2.75, 3.05) is 11.9 Å². The highest BCUT2D eigenvalue weighted by atomic mass is 16.5. The first-order chi connectivity index (χ1) is 9.61. The second kappa shape index (κ2) is 6.04. The zero-order valence-corrected chi connectivity index (χ0v) is 11.2.